The first-order chi connectivity index (χ1) is 14.4. The van der Waals surface area contributed by atoms with Crippen molar-refractivity contribution in [3.8, 4) is 5.75 Å². The van der Waals surface area contributed by atoms with Crippen LogP contribution in [0.25, 0.3) is 0 Å². The van der Waals surface area contributed by atoms with Gasteiger partial charge in [-0.05, 0) is 48.3 Å². The summed E-state index contributed by atoms with van der Waals surface area (Å²) in [5.74, 6) is 0.535. The number of carbonyl (C=O) groups excluding carboxylic acids is 2. The van der Waals surface area contributed by atoms with Gasteiger partial charge in [0.05, 0.1) is 11.6 Å². The molecule has 0 bridgehead atoms. The molecule has 3 aliphatic rings. The van der Waals surface area contributed by atoms with Crippen molar-refractivity contribution in [1.29, 1.82) is 0 Å². The molecule has 4 rings (SSSR count). The maximum absolute atomic E-state index is 13.5. The second-order valence-electron chi connectivity index (χ2n) is 10.7. The Morgan fingerprint density at radius 2 is 1.48 bits per heavy atom. The van der Waals surface area contributed by atoms with Crippen LogP contribution >= 0.6 is 11.6 Å². The Bertz CT molecular complexity index is 977. The molecule has 4 nitrogen and oxygen atoms in total. The molecule has 0 atom stereocenters. The summed E-state index contributed by atoms with van der Waals surface area (Å²) in [6.07, 6.45) is 2.61. The van der Waals surface area contributed by atoms with Gasteiger partial charge in [-0.1, -0.05) is 45.4 Å². The van der Waals surface area contributed by atoms with Crippen molar-refractivity contribution in [2.75, 3.05) is 13.7 Å². The van der Waals surface area contributed by atoms with Crippen LogP contribution < -0.4 is 4.74 Å². The highest BCUT2D eigenvalue weighted by molar-refractivity contribution is 6.32. The fourth-order valence-electron chi connectivity index (χ4n) is 5.47. The minimum atomic E-state index is -0.360. The number of ether oxygens (including phenoxy) is 1. The molecule has 0 aromatic heterocycles. The Hall–Kier alpha value is -2.07. The lowest BCUT2D eigenvalue weighted by molar-refractivity contribution is -0.119. The average molecular weight is 442 g/mol. The van der Waals surface area contributed by atoms with Crippen LogP contribution in [-0.2, 0) is 9.59 Å². The number of carbonyl (C=O) groups is 2. The van der Waals surface area contributed by atoms with Crippen LogP contribution in [0, 0.1) is 10.8 Å². The lowest BCUT2D eigenvalue weighted by atomic mass is 9.64. The molecule has 0 N–H and O–H groups in total. The molecule has 0 spiro atoms. The molecular weight excluding hydrogens is 410 g/mol. The Morgan fingerprint density at radius 3 is 1.94 bits per heavy atom. The molecule has 1 aromatic carbocycles. The summed E-state index contributed by atoms with van der Waals surface area (Å²) in [7, 11) is 2.02. The van der Waals surface area contributed by atoms with Crippen molar-refractivity contribution >= 4 is 23.2 Å². The number of hydrogen-bond acceptors (Lipinski definition) is 4. The van der Waals surface area contributed by atoms with Crippen LogP contribution in [0.1, 0.15) is 71.8 Å². The van der Waals surface area contributed by atoms with Gasteiger partial charge in [0.2, 0.25) is 0 Å². The molecule has 2 aliphatic carbocycles. The molecule has 1 aromatic rings. The molecule has 5 heteroatoms. The molecule has 166 valence electrons. The van der Waals surface area contributed by atoms with Crippen molar-refractivity contribution in [3.63, 3.8) is 0 Å². The Balaban J connectivity index is 1.93. The van der Waals surface area contributed by atoms with E-state index in [0.29, 0.717) is 30.2 Å². The summed E-state index contributed by atoms with van der Waals surface area (Å²) in [5.41, 5.74) is 4.35. The zero-order valence-electron chi connectivity index (χ0n) is 19.4. The zero-order valence-corrected chi connectivity index (χ0v) is 20.2. The SMILES string of the molecule is CCOc1ccc(C2C3=C(CC(C)(C)CC3=O)N(C)C3=C2C(=O)CC(C)(C)C3)cc1Cl. The van der Waals surface area contributed by atoms with E-state index >= 15 is 0 Å². The molecule has 0 fully saturated rings. The predicted molar refractivity (Wildman–Crippen MR) is 123 cm³/mol. The molecular formula is C26H32ClNO3. The van der Waals surface area contributed by atoms with Gasteiger partial charge in [0.15, 0.2) is 11.6 Å². The second kappa shape index (κ2) is 7.51. The molecule has 1 aliphatic heterocycles. The zero-order chi connectivity index (χ0) is 22.7. The van der Waals surface area contributed by atoms with E-state index in [9.17, 15) is 9.59 Å². The van der Waals surface area contributed by atoms with E-state index in [1.807, 2.05) is 32.2 Å². The molecule has 0 saturated heterocycles. The molecule has 1 heterocycles. The van der Waals surface area contributed by atoms with E-state index < -0.39 is 0 Å². The first kappa shape index (κ1) is 22.1. The monoisotopic (exact) mass is 441 g/mol. The van der Waals surface area contributed by atoms with E-state index in [4.69, 9.17) is 16.3 Å². The van der Waals surface area contributed by atoms with Gasteiger partial charge in [0.1, 0.15) is 5.75 Å². The van der Waals surface area contributed by atoms with E-state index in [1.165, 1.54) is 0 Å². The van der Waals surface area contributed by atoms with Crippen molar-refractivity contribution in [2.24, 2.45) is 10.8 Å². The smallest absolute Gasteiger partial charge is 0.162 e. The largest absolute Gasteiger partial charge is 0.492 e. The van der Waals surface area contributed by atoms with Gasteiger partial charge < -0.3 is 9.64 Å². The maximum atomic E-state index is 13.5. The minimum absolute atomic E-state index is 0.0998. The number of allylic oxidation sites excluding steroid dienone is 4. The summed E-state index contributed by atoms with van der Waals surface area (Å²) < 4.78 is 5.61. The van der Waals surface area contributed by atoms with Gasteiger partial charge in [-0.3, -0.25) is 9.59 Å². The van der Waals surface area contributed by atoms with Crippen LogP contribution in [0.3, 0.4) is 0 Å². The van der Waals surface area contributed by atoms with E-state index in [-0.39, 0.29) is 28.3 Å². The Kier molecular flexibility index (Phi) is 5.36. The van der Waals surface area contributed by atoms with Gasteiger partial charge in [-0.2, -0.15) is 0 Å². The predicted octanol–water partition coefficient (Wildman–Crippen LogP) is 6.05. The van der Waals surface area contributed by atoms with Crippen molar-refractivity contribution in [3.05, 3.63) is 51.3 Å². The highest BCUT2D eigenvalue weighted by Gasteiger charge is 2.48. The van der Waals surface area contributed by atoms with E-state index in [1.54, 1.807) is 0 Å². The van der Waals surface area contributed by atoms with Crippen LogP contribution in [0.15, 0.2) is 40.7 Å². The normalized spacial score (nSPS) is 23.1. The Labute approximate surface area is 190 Å². The standard InChI is InChI=1S/C26H32ClNO3/c1-7-31-21-9-8-15(10-16(21)27)22-23-17(11-25(2,3)13-19(23)29)28(6)18-12-26(4,5)14-20(30)24(18)22/h8-10,22H,7,11-14H2,1-6H3. The van der Waals surface area contributed by atoms with E-state index in [0.717, 1.165) is 40.9 Å². The lowest BCUT2D eigenvalue weighted by Crippen LogP contribution is -2.43. The number of benzene rings is 1. The first-order valence-electron chi connectivity index (χ1n) is 11.1. The molecule has 0 amide bonds. The summed E-state index contributed by atoms with van der Waals surface area (Å²) in [6.45, 7) is 11.0. The van der Waals surface area contributed by atoms with E-state index in [2.05, 4.69) is 32.6 Å². The van der Waals surface area contributed by atoms with Crippen molar-refractivity contribution in [1.82, 2.24) is 4.90 Å². The third-order valence-corrected chi connectivity index (χ3v) is 7.06. The lowest BCUT2D eigenvalue weighted by Gasteiger charge is -2.47. The minimum Gasteiger partial charge on any atom is -0.492 e. The number of rotatable bonds is 3. The van der Waals surface area contributed by atoms with Crippen LogP contribution in [0.5, 0.6) is 5.75 Å². The summed E-state index contributed by atoms with van der Waals surface area (Å²) in [6, 6.07) is 5.69. The second-order valence-corrected chi connectivity index (χ2v) is 11.1. The number of halogens is 1. The Morgan fingerprint density at radius 1 is 0.968 bits per heavy atom. The number of ketones is 2. The topological polar surface area (TPSA) is 46.6 Å². The molecule has 0 saturated carbocycles. The maximum Gasteiger partial charge on any atom is 0.162 e. The summed E-state index contributed by atoms with van der Waals surface area (Å²) >= 11 is 6.53. The average Bonchev–Trinajstić information content (AvgIpc) is 2.64. The van der Waals surface area contributed by atoms with Gasteiger partial charge in [0.25, 0.3) is 0 Å². The fraction of sp³-hybridized carbons (Fsp3) is 0.538. The third-order valence-electron chi connectivity index (χ3n) is 6.77. The highest BCUT2D eigenvalue weighted by Crippen LogP contribution is 2.54. The van der Waals surface area contributed by atoms with Crippen LogP contribution in [-0.4, -0.2) is 30.1 Å². The van der Waals surface area contributed by atoms with Gasteiger partial charge in [-0.25, -0.2) is 0 Å². The van der Waals surface area contributed by atoms with Crippen molar-refractivity contribution < 1.29 is 14.3 Å². The summed E-state index contributed by atoms with van der Waals surface area (Å²) in [4.78, 5) is 29.1. The quantitative estimate of drug-likeness (QED) is 0.572. The summed E-state index contributed by atoms with van der Waals surface area (Å²) in [5, 5.41) is 0.509. The van der Waals surface area contributed by atoms with Crippen LogP contribution in [0.2, 0.25) is 5.02 Å². The van der Waals surface area contributed by atoms with Gasteiger partial charge in [-0.15, -0.1) is 0 Å². The highest BCUT2D eigenvalue weighted by atomic mass is 35.5. The number of Topliss-reactive ketones (excluding diaryl/α,β-unsaturated/α-hetero) is 2. The van der Waals surface area contributed by atoms with Gasteiger partial charge in [0, 0.05) is 48.3 Å². The van der Waals surface area contributed by atoms with Crippen molar-refractivity contribution in [2.45, 2.75) is 66.2 Å². The molecule has 31 heavy (non-hydrogen) atoms. The number of hydrogen-bond donors (Lipinski definition) is 0. The molecule has 0 radical (unpaired) electrons. The fourth-order valence-corrected chi connectivity index (χ4v) is 5.71. The molecule has 0 unspecified atom stereocenters. The van der Waals surface area contributed by atoms with Gasteiger partial charge >= 0.3 is 0 Å². The first-order valence-corrected chi connectivity index (χ1v) is 11.5. The van der Waals surface area contributed by atoms with Crippen LogP contribution in [0.4, 0.5) is 0 Å². The number of nitrogens with zero attached hydrogens (tertiary/aromatic N) is 1. The third kappa shape index (κ3) is 3.84.